The number of nitrogens with zero attached hydrogens (tertiary/aromatic N) is 3. The molecule has 3 heterocycles. The summed E-state index contributed by atoms with van der Waals surface area (Å²) in [6, 6.07) is 11.9. The lowest BCUT2D eigenvalue weighted by molar-refractivity contribution is 0.385. The van der Waals surface area contributed by atoms with Crippen molar-refractivity contribution in [3.63, 3.8) is 0 Å². The topological polar surface area (TPSA) is 69.3 Å². The molecular formula is C20H24N4O2S2. The third-order valence-corrected chi connectivity index (χ3v) is 8.55. The summed E-state index contributed by atoms with van der Waals surface area (Å²) in [4.78, 5) is 3.14. The second-order valence-electron chi connectivity index (χ2n) is 7.24. The van der Waals surface area contributed by atoms with Crippen molar-refractivity contribution in [1.29, 1.82) is 0 Å². The number of sulfonamides is 1. The molecule has 0 radical (unpaired) electrons. The smallest absolute Gasteiger partial charge is 0.252 e. The zero-order chi connectivity index (χ0) is 19.9. The standard InChI is InChI=1S/C20H24N4O2S2/c1-14-4-5-15(2)18(12-14)23-8-10-24(11-9-23)28(25,26)20-7-6-19(27-20)17-13-16(3)21-22-17/h4-7,12-13H,8-11H2,1-3H3,(H,21,22). The lowest BCUT2D eigenvalue weighted by Gasteiger charge is -2.36. The lowest BCUT2D eigenvalue weighted by Crippen LogP contribution is -2.48. The predicted molar refractivity (Wildman–Crippen MR) is 114 cm³/mol. The maximum atomic E-state index is 13.1. The quantitative estimate of drug-likeness (QED) is 0.706. The molecule has 0 atom stereocenters. The number of nitrogens with one attached hydrogen (secondary N) is 1. The Morgan fingerprint density at radius 3 is 2.43 bits per heavy atom. The second-order valence-corrected chi connectivity index (χ2v) is 10.5. The van der Waals surface area contributed by atoms with E-state index in [4.69, 9.17) is 0 Å². The van der Waals surface area contributed by atoms with Gasteiger partial charge in [-0.3, -0.25) is 5.10 Å². The van der Waals surface area contributed by atoms with Gasteiger partial charge in [-0.1, -0.05) is 12.1 Å². The predicted octanol–water partition coefficient (Wildman–Crippen LogP) is 3.57. The van der Waals surface area contributed by atoms with Gasteiger partial charge >= 0.3 is 0 Å². The molecule has 0 amide bonds. The maximum Gasteiger partial charge on any atom is 0.252 e. The molecule has 1 aliphatic heterocycles. The Bertz CT molecular complexity index is 1090. The largest absolute Gasteiger partial charge is 0.369 e. The Balaban J connectivity index is 1.49. The van der Waals surface area contributed by atoms with E-state index >= 15 is 0 Å². The van der Waals surface area contributed by atoms with Crippen LogP contribution >= 0.6 is 11.3 Å². The highest BCUT2D eigenvalue weighted by Crippen LogP contribution is 2.32. The van der Waals surface area contributed by atoms with Crippen LogP contribution in [0, 0.1) is 20.8 Å². The van der Waals surface area contributed by atoms with E-state index in [2.05, 4.69) is 47.1 Å². The molecule has 148 valence electrons. The molecule has 0 saturated carbocycles. The molecule has 6 nitrogen and oxygen atoms in total. The van der Waals surface area contributed by atoms with Crippen LogP contribution in [0.5, 0.6) is 0 Å². The van der Waals surface area contributed by atoms with E-state index in [1.54, 1.807) is 10.4 Å². The summed E-state index contributed by atoms with van der Waals surface area (Å²) in [5, 5.41) is 7.12. The van der Waals surface area contributed by atoms with Crippen molar-refractivity contribution in [2.24, 2.45) is 0 Å². The van der Waals surface area contributed by atoms with E-state index < -0.39 is 10.0 Å². The summed E-state index contributed by atoms with van der Waals surface area (Å²) in [5.41, 5.74) is 5.37. The summed E-state index contributed by atoms with van der Waals surface area (Å²) in [6.07, 6.45) is 0. The van der Waals surface area contributed by atoms with Gasteiger partial charge in [-0.15, -0.1) is 11.3 Å². The lowest BCUT2D eigenvalue weighted by atomic mass is 10.1. The summed E-state index contributed by atoms with van der Waals surface area (Å²) >= 11 is 1.28. The monoisotopic (exact) mass is 416 g/mol. The zero-order valence-corrected chi connectivity index (χ0v) is 17.9. The highest BCUT2D eigenvalue weighted by atomic mass is 32.2. The van der Waals surface area contributed by atoms with Crippen LogP contribution in [0.2, 0.25) is 0 Å². The van der Waals surface area contributed by atoms with Gasteiger partial charge in [-0.25, -0.2) is 8.42 Å². The molecule has 0 spiro atoms. The fourth-order valence-electron chi connectivity index (χ4n) is 3.50. The van der Waals surface area contributed by atoms with Crippen LogP contribution in [-0.4, -0.2) is 49.1 Å². The molecule has 1 aliphatic rings. The molecule has 1 aromatic carbocycles. The summed E-state index contributed by atoms with van der Waals surface area (Å²) in [5.74, 6) is 0. The van der Waals surface area contributed by atoms with E-state index in [1.165, 1.54) is 28.2 Å². The Hall–Kier alpha value is -2.16. The van der Waals surface area contributed by atoms with Gasteiger partial charge in [0, 0.05) is 37.6 Å². The molecule has 8 heteroatoms. The fourth-order valence-corrected chi connectivity index (χ4v) is 6.34. The molecule has 1 saturated heterocycles. The Morgan fingerprint density at radius 1 is 1.00 bits per heavy atom. The van der Waals surface area contributed by atoms with Gasteiger partial charge in [0.05, 0.1) is 4.88 Å². The second kappa shape index (κ2) is 7.35. The van der Waals surface area contributed by atoms with Gasteiger partial charge in [0.25, 0.3) is 10.0 Å². The van der Waals surface area contributed by atoms with E-state index in [0.717, 1.165) is 16.3 Å². The number of benzene rings is 1. The van der Waals surface area contributed by atoms with Crippen LogP contribution in [0.4, 0.5) is 5.69 Å². The summed E-state index contributed by atoms with van der Waals surface area (Å²) < 4.78 is 28.2. The van der Waals surface area contributed by atoms with Crippen molar-refractivity contribution in [1.82, 2.24) is 14.5 Å². The molecule has 1 N–H and O–H groups in total. The molecule has 28 heavy (non-hydrogen) atoms. The first kappa shape index (κ1) is 19.2. The highest BCUT2D eigenvalue weighted by molar-refractivity contribution is 7.91. The number of H-pyrrole nitrogens is 1. The molecule has 0 unspecified atom stereocenters. The van der Waals surface area contributed by atoms with Crippen LogP contribution in [0.3, 0.4) is 0 Å². The third-order valence-electron chi connectivity index (χ3n) is 5.08. The number of hydrogen-bond acceptors (Lipinski definition) is 5. The molecule has 0 bridgehead atoms. The number of thiophene rings is 1. The average molecular weight is 417 g/mol. The SMILES string of the molecule is Cc1ccc(C)c(N2CCN(S(=O)(=O)c3ccc(-c4cc(C)[nH]n4)s3)CC2)c1. The summed E-state index contributed by atoms with van der Waals surface area (Å²) in [7, 11) is -3.48. The maximum absolute atomic E-state index is 13.1. The number of piperazine rings is 1. The Kier molecular flexibility index (Phi) is 5.03. The molecule has 2 aromatic heterocycles. The minimum Gasteiger partial charge on any atom is -0.369 e. The molecule has 3 aromatic rings. The number of anilines is 1. The van der Waals surface area contributed by atoms with Crippen LogP contribution in [0.25, 0.3) is 10.6 Å². The van der Waals surface area contributed by atoms with Crippen molar-refractivity contribution in [2.45, 2.75) is 25.0 Å². The normalized spacial score (nSPS) is 15.9. The van der Waals surface area contributed by atoms with Gasteiger partial charge in [-0.05, 0) is 56.2 Å². The minimum atomic E-state index is -3.48. The van der Waals surface area contributed by atoms with Crippen molar-refractivity contribution in [3.8, 4) is 10.6 Å². The van der Waals surface area contributed by atoms with Crippen LogP contribution in [0.1, 0.15) is 16.8 Å². The minimum absolute atomic E-state index is 0.378. The van der Waals surface area contributed by atoms with Crippen LogP contribution in [-0.2, 0) is 10.0 Å². The van der Waals surface area contributed by atoms with Crippen molar-refractivity contribution in [2.75, 3.05) is 31.1 Å². The number of rotatable bonds is 4. The molecule has 0 aliphatic carbocycles. The van der Waals surface area contributed by atoms with Crippen LogP contribution < -0.4 is 4.90 Å². The third kappa shape index (κ3) is 3.59. The van der Waals surface area contributed by atoms with Crippen LogP contribution in [0.15, 0.2) is 40.6 Å². The van der Waals surface area contributed by atoms with Crippen molar-refractivity contribution < 1.29 is 8.42 Å². The fraction of sp³-hybridized carbons (Fsp3) is 0.350. The number of hydrogen-bond donors (Lipinski definition) is 1. The first-order valence-electron chi connectivity index (χ1n) is 9.29. The average Bonchev–Trinajstić information content (AvgIpc) is 3.33. The number of aromatic nitrogens is 2. The van der Waals surface area contributed by atoms with Crippen molar-refractivity contribution >= 4 is 27.0 Å². The highest BCUT2D eigenvalue weighted by Gasteiger charge is 2.30. The Labute approximate surface area is 169 Å². The molecular weight excluding hydrogens is 392 g/mol. The van der Waals surface area contributed by atoms with Gasteiger partial charge in [-0.2, -0.15) is 9.40 Å². The van der Waals surface area contributed by atoms with Gasteiger partial charge in [0.15, 0.2) is 0 Å². The Morgan fingerprint density at radius 2 is 1.75 bits per heavy atom. The summed E-state index contributed by atoms with van der Waals surface area (Å²) in [6.45, 7) is 8.48. The molecule has 4 rings (SSSR count). The zero-order valence-electron chi connectivity index (χ0n) is 16.3. The van der Waals surface area contributed by atoms with Gasteiger partial charge < -0.3 is 4.90 Å². The van der Waals surface area contributed by atoms with E-state index in [1.807, 2.05) is 19.1 Å². The van der Waals surface area contributed by atoms with E-state index in [0.29, 0.717) is 30.4 Å². The van der Waals surface area contributed by atoms with Gasteiger partial charge in [0.2, 0.25) is 0 Å². The van der Waals surface area contributed by atoms with Gasteiger partial charge in [0.1, 0.15) is 9.90 Å². The first-order valence-corrected chi connectivity index (χ1v) is 11.5. The van der Waals surface area contributed by atoms with E-state index in [-0.39, 0.29) is 0 Å². The van der Waals surface area contributed by atoms with Crippen molar-refractivity contribution in [3.05, 3.63) is 53.2 Å². The first-order chi connectivity index (χ1) is 13.3. The van der Waals surface area contributed by atoms with E-state index in [9.17, 15) is 8.42 Å². The molecule has 1 fully saturated rings. The number of aromatic amines is 1. The number of aryl methyl sites for hydroxylation is 3.